The summed E-state index contributed by atoms with van der Waals surface area (Å²) in [5.41, 5.74) is 1.18. The topological polar surface area (TPSA) is 127 Å². The summed E-state index contributed by atoms with van der Waals surface area (Å²) in [6.45, 7) is 2.42. The van der Waals surface area contributed by atoms with Crippen LogP contribution in [-0.4, -0.2) is 49.7 Å². The van der Waals surface area contributed by atoms with Crippen LogP contribution in [0.2, 0.25) is 0 Å². The fourth-order valence-corrected chi connectivity index (χ4v) is 4.37. The zero-order valence-corrected chi connectivity index (χ0v) is 20.8. The van der Waals surface area contributed by atoms with E-state index in [2.05, 4.69) is 5.32 Å². The van der Waals surface area contributed by atoms with E-state index in [0.29, 0.717) is 64.1 Å². The third-order valence-corrected chi connectivity index (χ3v) is 6.32. The molecule has 1 amide bonds. The molecule has 0 spiro atoms. The first kappa shape index (κ1) is 25.4. The first-order valence-corrected chi connectivity index (χ1v) is 12.9. The van der Waals surface area contributed by atoms with Gasteiger partial charge in [0.2, 0.25) is 5.43 Å². The van der Waals surface area contributed by atoms with E-state index in [9.17, 15) is 19.5 Å². The number of carbonyl (C=O) groups excluding carboxylic acids is 2. The molecule has 0 radical (unpaired) electrons. The molecular formula is C26H26NO8S-. The number of amides is 1. The first-order chi connectivity index (χ1) is 17.4. The predicted octanol–water partition coefficient (Wildman–Crippen LogP) is 2.30. The minimum absolute atomic E-state index is 0.210. The van der Waals surface area contributed by atoms with Crippen LogP contribution >= 0.6 is 11.8 Å². The Morgan fingerprint density at radius 2 is 1.92 bits per heavy atom. The van der Waals surface area contributed by atoms with Crippen molar-refractivity contribution in [2.24, 2.45) is 0 Å². The maximum absolute atomic E-state index is 13.3. The molecule has 0 saturated heterocycles. The number of ether oxygens (including phenoxy) is 3. The molecule has 1 atom stereocenters. The molecule has 1 aromatic heterocycles. The molecule has 1 aliphatic heterocycles. The van der Waals surface area contributed by atoms with Crippen LogP contribution in [0.1, 0.15) is 18.6 Å². The Morgan fingerprint density at radius 1 is 1.14 bits per heavy atom. The third kappa shape index (κ3) is 5.76. The summed E-state index contributed by atoms with van der Waals surface area (Å²) in [5, 5.41) is 14.0. The average Bonchev–Trinajstić information content (AvgIpc) is 3.10. The van der Waals surface area contributed by atoms with Crippen LogP contribution in [0.4, 0.5) is 0 Å². The van der Waals surface area contributed by atoms with E-state index in [1.165, 1.54) is 17.8 Å². The number of aryl methyl sites for hydroxylation is 1. The van der Waals surface area contributed by atoms with Gasteiger partial charge in [0.25, 0.3) is 5.91 Å². The van der Waals surface area contributed by atoms with Gasteiger partial charge in [-0.1, -0.05) is 6.07 Å². The number of rotatable bonds is 9. The van der Waals surface area contributed by atoms with Crippen LogP contribution in [0.5, 0.6) is 17.2 Å². The van der Waals surface area contributed by atoms with Crippen molar-refractivity contribution in [2.45, 2.75) is 25.8 Å². The molecule has 190 valence electrons. The summed E-state index contributed by atoms with van der Waals surface area (Å²) in [6, 6.07) is 8.93. The van der Waals surface area contributed by atoms with Crippen LogP contribution in [0.25, 0.3) is 22.1 Å². The number of thioether (sulfide) groups is 1. The van der Waals surface area contributed by atoms with Gasteiger partial charge in [-0.3, -0.25) is 9.59 Å². The Bertz CT molecular complexity index is 1340. The van der Waals surface area contributed by atoms with Gasteiger partial charge in [-0.2, -0.15) is 11.8 Å². The van der Waals surface area contributed by atoms with Crippen LogP contribution < -0.4 is 30.1 Å². The number of nitrogens with one attached hydrogen (secondary N) is 1. The molecule has 1 aliphatic rings. The molecule has 0 saturated carbocycles. The van der Waals surface area contributed by atoms with Crippen LogP contribution in [0.15, 0.2) is 45.6 Å². The van der Waals surface area contributed by atoms with Crippen LogP contribution in [-0.2, 0) is 9.59 Å². The lowest BCUT2D eigenvalue weighted by atomic mass is 10.0. The summed E-state index contributed by atoms with van der Waals surface area (Å²) in [7, 11) is 0. The zero-order chi connectivity index (χ0) is 25.7. The van der Waals surface area contributed by atoms with E-state index in [0.717, 1.165) is 6.42 Å². The van der Waals surface area contributed by atoms with Crippen molar-refractivity contribution < 1.29 is 33.3 Å². The normalized spacial score (nSPS) is 13.6. The summed E-state index contributed by atoms with van der Waals surface area (Å²) in [6.07, 6.45) is 2.88. The lowest BCUT2D eigenvalue weighted by Gasteiger charge is -2.19. The van der Waals surface area contributed by atoms with Gasteiger partial charge >= 0.3 is 0 Å². The number of carboxylic acid groups (broad SMARTS) is 1. The van der Waals surface area contributed by atoms with Gasteiger partial charge in [0.1, 0.15) is 17.1 Å². The Kier molecular flexibility index (Phi) is 8.04. The molecular weight excluding hydrogens is 486 g/mol. The lowest BCUT2D eigenvalue weighted by molar-refractivity contribution is -0.308. The Morgan fingerprint density at radius 3 is 2.67 bits per heavy atom. The second-order valence-electron chi connectivity index (χ2n) is 8.24. The molecule has 3 aromatic rings. The van der Waals surface area contributed by atoms with Crippen molar-refractivity contribution in [1.29, 1.82) is 0 Å². The number of fused-ring (bicyclic) bond motifs is 2. The van der Waals surface area contributed by atoms with Crippen molar-refractivity contribution in [3.8, 4) is 28.4 Å². The summed E-state index contributed by atoms with van der Waals surface area (Å²) < 4.78 is 22.9. The summed E-state index contributed by atoms with van der Waals surface area (Å²) in [5.74, 6) is 0.579. The SMILES string of the molecule is CSCC[C@H](NC(=O)COc1ccc2c(=O)c(-c3ccc4c(c3)OCCCO4)c(C)oc2c1)C(=O)[O-]. The molecule has 2 aromatic carbocycles. The van der Waals surface area contributed by atoms with Gasteiger partial charge in [0.05, 0.1) is 36.2 Å². The van der Waals surface area contributed by atoms with Crippen molar-refractivity contribution >= 4 is 34.6 Å². The molecule has 1 N–H and O–H groups in total. The summed E-state index contributed by atoms with van der Waals surface area (Å²) >= 11 is 1.47. The average molecular weight is 513 g/mol. The number of hydrogen-bond acceptors (Lipinski definition) is 9. The highest BCUT2D eigenvalue weighted by Crippen LogP contribution is 2.35. The lowest BCUT2D eigenvalue weighted by Crippen LogP contribution is -2.49. The molecule has 0 unspecified atom stereocenters. The van der Waals surface area contributed by atoms with Crippen LogP contribution in [0, 0.1) is 6.92 Å². The predicted molar refractivity (Wildman–Crippen MR) is 134 cm³/mol. The Labute approximate surface area is 211 Å². The fraction of sp³-hybridized carbons (Fsp3) is 0.346. The number of benzene rings is 2. The molecule has 9 nitrogen and oxygen atoms in total. The standard InChI is InChI=1S/C26H27NO8S/c1-15-24(16-4-7-20-22(12-16)33-10-3-9-32-20)25(29)18-6-5-17(13-21(18)35-15)34-14-23(28)27-19(26(30)31)8-11-36-2/h4-7,12-13,19H,3,8-11,14H2,1-2H3,(H,27,28)(H,30,31)/p-1/t19-/m0/s1. The number of carboxylic acids is 1. The monoisotopic (exact) mass is 512 g/mol. The molecule has 2 heterocycles. The Hall–Kier alpha value is -3.66. The van der Waals surface area contributed by atoms with Gasteiger partial charge < -0.3 is 33.8 Å². The second kappa shape index (κ2) is 11.4. The third-order valence-electron chi connectivity index (χ3n) is 5.68. The summed E-state index contributed by atoms with van der Waals surface area (Å²) in [4.78, 5) is 36.7. The fourth-order valence-electron chi connectivity index (χ4n) is 3.90. The molecule has 0 fully saturated rings. The van der Waals surface area contributed by atoms with Gasteiger partial charge in [-0.25, -0.2) is 0 Å². The van der Waals surface area contributed by atoms with Crippen molar-refractivity contribution in [2.75, 3.05) is 31.8 Å². The quantitative estimate of drug-likeness (QED) is 0.459. The van der Waals surface area contributed by atoms with E-state index in [1.807, 2.05) is 6.26 Å². The van der Waals surface area contributed by atoms with Crippen LogP contribution in [0.3, 0.4) is 0 Å². The molecule has 0 aliphatic carbocycles. The number of hydrogen-bond donors (Lipinski definition) is 1. The maximum Gasteiger partial charge on any atom is 0.258 e. The maximum atomic E-state index is 13.3. The van der Waals surface area contributed by atoms with Gasteiger partial charge in [-0.15, -0.1) is 0 Å². The van der Waals surface area contributed by atoms with E-state index >= 15 is 0 Å². The molecule has 36 heavy (non-hydrogen) atoms. The number of carbonyl (C=O) groups is 2. The minimum Gasteiger partial charge on any atom is -0.548 e. The van der Waals surface area contributed by atoms with Crippen molar-refractivity contribution in [3.63, 3.8) is 0 Å². The van der Waals surface area contributed by atoms with E-state index in [-0.39, 0.29) is 11.8 Å². The largest absolute Gasteiger partial charge is 0.548 e. The smallest absolute Gasteiger partial charge is 0.258 e. The number of aliphatic carboxylic acids is 1. The zero-order valence-electron chi connectivity index (χ0n) is 20.0. The van der Waals surface area contributed by atoms with E-state index in [1.54, 1.807) is 37.3 Å². The highest BCUT2D eigenvalue weighted by Gasteiger charge is 2.18. The van der Waals surface area contributed by atoms with Crippen molar-refractivity contribution in [1.82, 2.24) is 5.32 Å². The molecule has 4 rings (SSSR count). The minimum atomic E-state index is -1.34. The van der Waals surface area contributed by atoms with E-state index < -0.39 is 24.5 Å². The first-order valence-electron chi connectivity index (χ1n) is 11.5. The Balaban J connectivity index is 1.52. The second-order valence-corrected chi connectivity index (χ2v) is 9.23. The van der Waals surface area contributed by atoms with Gasteiger partial charge in [-0.05, 0) is 55.2 Å². The van der Waals surface area contributed by atoms with E-state index in [4.69, 9.17) is 18.6 Å². The van der Waals surface area contributed by atoms with Gasteiger partial charge in [0, 0.05) is 12.5 Å². The van der Waals surface area contributed by atoms with Gasteiger partial charge in [0.15, 0.2) is 18.1 Å². The highest BCUT2D eigenvalue weighted by atomic mass is 32.2. The molecule has 0 bridgehead atoms. The highest BCUT2D eigenvalue weighted by molar-refractivity contribution is 7.98. The van der Waals surface area contributed by atoms with Crippen molar-refractivity contribution in [3.05, 3.63) is 52.4 Å². The molecule has 10 heteroatoms.